The van der Waals surface area contributed by atoms with Gasteiger partial charge in [-0.05, 0) is 49.3 Å². The molecule has 0 aliphatic heterocycles. The number of hydrogen-bond donors (Lipinski definition) is 0. The van der Waals surface area contributed by atoms with Gasteiger partial charge in [-0.25, -0.2) is 0 Å². The van der Waals surface area contributed by atoms with Crippen LogP contribution < -0.4 is 0 Å². The maximum Gasteiger partial charge on any atom is 0.0640 e. The van der Waals surface area contributed by atoms with Gasteiger partial charge in [0.05, 0.1) is 5.71 Å². The maximum absolute atomic E-state index is 6.28. The van der Waals surface area contributed by atoms with Crippen LogP contribution in [-0.2, 0) is 0 Å². The van der Waals surface area contributed by atoms with Crippen LogP contribution in [0.2, 0.25) is 5.02 Å². The fourth-order valence-corrected chi connectivity index (χ4v) is 2.38. The van der Waals surface area contributed by atoms with Gasteiger partial charge in [0, 0.05) is 41.9 Å². The van der Waals surface area contributed by atoms with Gasteiger partial charge < -0.3 is 0 Å². The summed E-state index contributed by atoms with van der Waals surface area (Å²) in [5, 5.41) is 0.615. The first-order chi connectivity index (χ1) is 10.6. The molecular formula is C18H18ClN3. The van der Waals surface area contributed by atoms with Crippen LogP contribution in [0.15, 0.2) is 65.6 Å². The number of aromatic nitrogens is 2. The average molecular weight is 312 g/mol. The summed E-state index contributed by atoms with van der Waals surface area (Å²) >= 11 is 6.28. The van der Waals surface area contributed by atoms with Crippen LogP contribution in [-0.4, -0.2) is 22.7 Å². The Morgan fingerprint density at radius 1 is 1.18 bits per heavy atom. The molecule has 0 saturated carbocycles. The molecule has 1 aromatic rings. The second kappa shape index (κ2) is 7.66. The van der Waals surface area contributed by atoms with Crippen LogP contribution in [0.5, 0.6) is 0 Å². The first-order valence-corrected chi connectivity index (χ1v) is 7.37. The Bertz CT molecular complexity index is 742. The monoisotopic (exact) mass is 311 g/mol. The SMILES string of the molecule is C/C=C1/C=C(c2cnccnc(C)cc(Cl)c2)C=CC1=NC. The molecule has 0 atom stereocenters. The topological polar surface area (TPSA) is 38.1 Å². The van der Waals surface area contributed by atoms with Gasteiger partial charge in [0.2, 0.25) is 0 Å². The summed E-state index contributed by atoms with van der Waals surface area (Å²) in [7, 11) is 1.79. The lowest BCUT2D eigenvalue weighted by atomic mass is 9.96. The molecule has 0 saturated heterocycles. The van der Waals surface area contributed by atoms with Crippen molar-refractivity contribution < 1.29 is 0 Å². The van der Waals surface area contributed by atoms with Crippen LogP contribution in [0.25, 0.3) is 5.57 Å². The van der Waals surface area contributed by atoms with Crippen molar-refractivity contribution >= 4 is 22.9 Å². The standard InChI is InChI=1S/C18H18ClN3/c1-4-14-10-15(5-6-18(14)20-3)16-11-17(19)9-13(2)22-8-7-21-12-16/h4-12H,1-3H3/b8-7?,13-9?,14-4-,16-11?,16-12?,17-9?,17-11?,20-18?,21-7?,21-12?,22-8?,22-13?. The molecule has 22 heavy (non-hydrogen) atoms. The second-order valence-corrected chi connectivity index (χ2v) is 5.20. The number of nitrogens with zero attached hydrogens (tertiary/aromatic N) is 3. The highest BCUT2D eigenvalue weighted by Gasteiger charge is 2.08. The van der Waals surface area contributed by atoms with E-state index in [1.54, 1.807) is 25.6 Å². The van der Waals surface area contributed by atoms with E-state index < -0.39 is 0 Å². The second-order valence-electron chi connectivity index (χ2n) is 4.76. The van der Waals surface area contributed by atoms with Crippen LogP contribution >= 0.6 is 11.6 Å². The van der Waals surface area contributed by atoms with Crippen LogP contribution in [0.3, 0.4) is 0 Å². The molecule has 0 spiro atoms. The van der Waals surface area contributed by atoms with Crippen molar-refractivity contribution in [3.63, 3.8) is 0 Å². The molecule has 1 aromatic heterocycles. The van der Waals surface area contributed by atoms with Crippen molar-refractivity contribution in [2.45, 2.75) is 13.8 Å². The highest BCUT2D eigenvalue weighted by Crippen LogP contribution is 2.23. The van der Waals surface area contributed by atoms with Gasteiger partial charge in [-0.15, -0.1) is 0 Å². The van der Waals surface area contributed by atoms with Gasteiger partial charge in [0.15, 0.2) is 0 Å². The minimum absolute atomic E-state index is 0.615. The van der Waals surface area contributed by atoms with Crippen molar-refractivity contribution in [2.75, 3.05) is 7.05 Å². The third-order valence-corrected chi connectivity index (χ3v) is 3.42. The third kappa shape index (κ3) is 4.12. The van der Waals surface area contributed by atoms with Gasteiger partial charge >= 0.3 is 0 Å². The summed E-state index contributed by atoms with van der Waals surface area (Å²) < 4.78 is 0. The predicted molar refractivity (Wildman–Crippen MR) is 93.6 cm³/mol. The van der Waals surface area contributed by atoms with E-state index in [0.29, 0.717) is 5.02 Å². The van der Waals surface area contributed by atoms with Gasteiger partial charge in [0.1, 0.15) is 0 Å². The predicted octanol–water partition coefficient (Wildman–Crippen LogP) is 4.53. The van der Waals surface area contributed by atoms with Gasteiger partial charge in [0.25, 0.3) is 0 Å². The molecule has 0 aromatic carbocycles. The molecular weight excluding hydrogens is 294 g/mol. The maximum atomic E-state index is 6.28. The molecule has 112 valence electrons. The Hall–Kier alpha value is -2.26. The van der Waals surface area contributed by atoms with E-state index in [2.05, 4.69) is 21.0 Å². The van der Waals surface area contributed by atoms with Crippen molar-refractivity contribution in [3.8, 4) is 0 Å². The summed E-state index contributed by atoms with van der Waals surface area (Å²) in [4.78, 5) is 12.7. The Morgan fingerprint density at radius 2 is 2.00 bits per heavy atom. The van der Waals surface area contributed by atoms with Crippen LogP contribution in [0, 0.1) is 6.92 Å². The van der Waals surface area contributed by atoms with Crippen LogP contribution in [0.4, 0.5) is 0 Å². The third-order valence-electron chi connectivity index (χ3n) is 3.20. The summed E-state index contributed by atoms with van der Waals surface area (Å²) in [5.41, 5.74) is 4.86. The lowest BCUT2D eigenvalue weighted by Gasteiger charge is -2.11. The summed E-state index contributed by atoms with van der Waals surface area (Å²) in [6.45, 7) is 3.90. The first-order valence-electron chi connectivity index (χ1n) is 6.99. The molecule has 1 aliphatic carbocycles. The molecule has 1 heterocycles. The molecule has 0 fully saturated rings. The molecule has 0 unspecified atom stereocenters. The zero-order valence-corrected chi connectivity index (χ0v) is 13.7. The number of aliphatic imine (C=N–C) groups is 1. The zero-order valence-electron chi connectivity index (χ0n) is 12.9. The normalized spacial score (nSPS) is 17.4. The van der Waals surface area contributed by atoms with E-state index >= 15 is 0 Å². The fraction of sp³-hybridized carbons (Fsp3) is 0.167. The number of halogens is 1. The highest BCUT2D eigenvalue weighted by atomic mass is 35.5. The minimum Gasteiger partial charge on any atom is -0.288 e. The lowest BCUT2D eigenvalue weighted by molar-refractivity contribution is 1.19. The number of allylic oxidation sites excluding steroid dienone is 6. The number of aryl methyl sites for hydroxylation is 1. The Balaban J connectivity index is 2.58. The van der Waals surface area contributed by atoms with E-state index in [1.165, 1.54) is 0 Å². The first kappa shape index (κ1) is 16.1. The average Bonchev–Trinajstić information content (AvgIpc) is 2.52. The minimum atomic E-state index is 0.615. The molecule has 0 radical (unpaired) electrons. The van der Waals surface area contributed by atoms with Crippen molar-refractivity contribution in [2.24, 2.45) is 4.99 Å². The Morgan fingerprint density at radius 3 is 2.73 bits per heavy atom. The van der Waals surface area contributed by atoms with Crippen LogP contribution in [0.1, 0.15) is 18.2 Å². The Kier molecular flexibility index (Phi) is 5.61. The lowest BCUT2D eigenvalue weighted by Crippen LogP contribution is -2.02. The smallest absolute Gasteiger partial charge is 0.0640 e. The van der Waals surface area contributed by atoms with E-state index in [0.717, 1.165) is 28.1 Å². The number of rotatable bonds is 1. The van der Waals surface area contributed by atoms with Crippen molar-refractivity contribution in [1.82, 2.24) is 9.97 Å². The van der Waals surface area contributed by atoms with Gasteiger partial charge in [-0.3, -0.25) is 15.0 Å². The largest absolute Gasteiger partial charge is 0.288 e. The highest BCUT2D eigenvalue weighted by molar-refractivity contribution is 6.30. The summed E-state index contributed by atoms with van der Waals surface area (Å²) in [6.07, 6.45) is 13.2. The molecule has 0 N–H and O–H groups in total. The van der Waals surface area contributed by atoms with Crippen molar-refractivity contribution in [3.05, 3.63) is 76.9 Å². The van der Waals surface area contributed by atoms with Gasteiger partial charge in [-0.1, -0.05) is 23.8 Å². The molecule has 0 amide bonds. The van der Waals surface area contributed by atoms with E-state index in [-0.39, 0.29) is 0 Å². The zero-order chi connectivity index (χ0) is 15.9. The molecule has 2 rings (SSSR count). The summed E-state index contributed by atoms with van der Waals surface area (Å²) in [6, 6.07) is 3.72. The molecule has 3 nitrogen and oxygen atoms in total. The van der Waals surface area contributed by atoms with Gasteiger partial charge in [-0.2, -0.15) is 0 Å². The molecule has 4 heteroatoms. The number of hydrogen-bond acceptors (Lipinski definition) is 3. The Labute approximate surface area is 136 Å². The quantitative estimate of drug-likeness (QED) is 0.764. The van der Waals surface area contributed by atoms with E-state index in [4.69, 9.17) is 11.6 Å². The molecule has 0 bridgehead atoms. The fourth-order valence-electron chi connectivity index (χ4n) is 2.10. The van der Waals surface area contributed by atoms with E-state index in [9.17, 15) is 0 Å². The van der Waals surface area contributed by atoms with E-state index in [1.807, 2.05) is 44.2 Å². The summed E-state index contributed by atoms with van der Waals surface area (Å²) in [5.74, 6) is 0. The van der Waals surface area contributed by atoms with Crippen molar-refractivity contribution in [1.29, 1.82) is 0 Å². The molecule has 1 aliphatic rings.